The van der Waals surface area contributed by atoms with E-state index in [1.165, 1.54) is 19.3 Å². The summed E-state index contributed by atoms with van der Waals surface area (Å²) in [6.07, 6.45) is 4.84. The van der Waals surface area contributed by atoms with Crippen molar-refractivity contribution >= 4 is 6.03 Å². The van der Waals surface area contributed by atoms with E-state index in [2.05, 4.69) is 29.1 Å². The van der Waals surface area contributed by atoms with Crippen LogP contribution in [-0.4, -0.2) is 79.6 Å². The van der Waals surface area contributed by atoms with Crippen molar-refractivity contribution in [1.82, 2.24) is 20.0 Å². The second kappa shape index (κ2) is 7.84. The van der Waals surface area contributed by atoms with E-state index in [0.717, 1.165) is 52.2 Å². The number of urea groups is 1. The summed E-state index contributed by atoms with van der Waals surface area (Å²) in [4.78, 5) is 18.8. The molecule has 0 radical (unpaired) electrons. The topological polar surface area (TPSA) is 38.8 Å². The lowest BCUT2D eigenvalue weighted by Crippen LogP contribution is -2.65. The number of hydrogen-bond acceptors (Lipinski definition) is 3. The standard InChI is InChI=1S/C15H30N4O/c1-3-4-5-6-7-16-15(20)19-12-14(13-19)18-10-8-17(2)9-11-18/h14H,3-13H2,1-2H3,(H,16,20). The molecule has 2 rings (SSSR count). The van der Waals surface area contributed by atoms with Gasteiger partial charge in [0.2, 0.25) is 0 Å². The molecule has 116 valence electrons. The molecule has 20 heavy (non-hydrogen) atoms. The van der Waals surface area contributed by atoms with Crippen molar-refractivity contribution < 1.29 is 4.79 Å². The highest BCUT2D eigenvalue weighted by atomic mass is 16.2. The Balaban J connectivity index is 1.55. The molecule has 0 unspecified atom stereocenters. The van der Waals surface area contributed by atoms with Crippen molar-refractivity contribution in [3.8, 4) is 0 Å². The van der Waals surface area contributed by atoms with Crippen molar-refractivity contribution in [2.75, 3.05) is 52.9 Å². The van der Waals surface area contributed by atoms with Crippen LogP contribution >= 0.6 is 0 Å². The van der Waals surface area contributed by atoms with Crippen LogP contribution in [0.3, 0.4) is 0 Å². The Hall–Kier alpha value is -0.810. The summed E-state index contributed by atoms with van der Waals surface area (Å²) in [5.41, 5.74) is 0. The molecule has 0 aliphatic carbocycles. The minimum atomic E-state index is 0.131. The number of carbonyl (C=O) groups is 1. The van der Waals surface area contributed by atoms with Crippen molar-refractivity contribution in [3.63, 3.8) is 0 Å². The van der Waals surface area contributed by atoms with Crippen molar-refractivity contribution in [3.05, 3.63) is 0 Å². The first kappa shape index (κ1) is 15.6. The lowest BCUT2D eigenvalue weighted by atomic mass is 10.1. The number of carbonyl (C=O) groups excluding carboxylic acids is 1. The van der Waals surface area contributed by atoms with E-state index in [9.17, 15) is 4.79 Å². The number of unbranched alkanes of at least 4 members (excludes halogenated alkanes) is 3. The van der Waals surface area contributed by atoms with Gasteiger partial charge in [-0.25, -0.2) is 4.79 Å². The summed E-state index contributed by atoms with van der Waals surface area (Å²) >= 11 is 0. The van der Waals surface area contributed by atoms with Gasteiger partial charge in [0.15, 0.2) is 0 Å². The molecule has 0 aromatic rings. The molecule has 2 aliphatic rings. The molecular formula is C15H30N4O. The Morgan fingerprint density at radius 2 is 1.80 bits per heavy atom. The maximum absolute atomic E-state index is 11.9. The minimum Gasteiger partial charge on any atom is -0.338 e. The van der Waals surface area contributed by atoms with Crippen molar-refractivity contribution in [2.45, 2.75) is 38.6 Å². The molecule has 5 heteroatoms. The van der Waals surface area contributed by atoms with E-state index in [1.807, 2.05) is 4.90 Å². The van der Waals surface area contributed by atoms with Gasteiger partial charge in [-0.1, -0.05) is 26.2 Å². The lowest BCUT2D eigenvalue weighted by molar-refractivity contribution is 0.0286. The van der Waals surface area contributed by atoms with E-state index >= 15 is 0 Å². The maximum atomic E-state index is 11.9. The first-order valence-corrected chi connectivity index (χ1v) is 8.16. The van der Waals surface area contributed by atoms with E-state index in [4.69, 9.17) is 0 Å². The molecule has 5 nitrogen and oxygen atoms in total. The number of likely N-dealkylation sites (tertiary alicyclic amines) is 1. The van der Waals surface area contributed by atoms with Gasteiger partial charge in [-0.15, -0.1) is 0 Å². The summed E-state index contributed by atoms with van der Waals surface area (Å²) in [6.45, 7) is 9.45. The molecule has 2 fully saturated rings. The fourth-order valence-corrected chi connectivity index (χ4v) is 2.90. The molecule has 0 aromatic carbocycles. The first-order chi connectivity index (χ1) is 9.70. The number of nitrogens with one attached hydrogen (secondary N) is 1. The van der Waals surface area contributed by atoms with Gasteiger partial charge in [0.05, 0.1) is 0 Å². The molecule has 2 aliphatic heterocycles. The van der Waals surface area contributed by atoms with Gasteiger partial charge in [0, 0.05) is 51.9 Å². The van der Waals surface area contributed by atoms with Crippen LogP contribution in [0.1, 0.15) is 32.6 Å². The number of piperazine rings is 1. The van der Waals surface area contributed by atoms with Gasteiger partial charge in [-0.2, -0.15) is 0 Å². The average molecular weight is 282 g/mol. The monoisotopic (exact) mass is 282 g/mol. The van der Waals surface area contributed by atoms with Crippen molar-refractivity contribution in [1.29, 1.82) is 0 Å². The minimum absolute atomic E-state index is 0.131. The van der Waals surface area contributed by atoms with Gasteiger partial charge in [-0.3, -0.25) is 4.90 Å². The number of hydrogen-bond donors (Lipinski definition) is 1. The fourth-order valence-electron chi connectivity index (χ4n) is 2.90. The zero-order valence-electron chi connectivity index (χ0n) is 13.1. The third kappa shape index (κ3) is 4.35. The maximum Gasteiger partial charge on any atom is 0.317 e. The Bertz CT molecular complexity index is 296. The summed E-state index contributed by atoms with van der Waals surface area (Å²) in [5, 5.41) is 3.03. The number of amides is 2. The third-order valence-corrected chi connectivity index (χ3v) is 4.51. The van der Waals surface area contributed by atoms with E-state index in [1.54, 1.807) is 0 Å². The number of nitrogens with zero attached hydrogens (tertiary/aromatic N) is 3. The number of rotatable bonds is 6. The SMILES string of the molecule is CCCCCCNC(=O)N1CC(N2CCN(C)CC2)C1. The van der Waals surface area contributed by atoms with Crippen LogP contribution in [0.4, 0.5) is 4.79 Å². The summed E-state index contributed by atoms with van der Waals surface area (Å²) in [6, 6.07) is 0.724. The van der Waals surface area contributed by atoms with Crippen LogP contribution in [0.15, 0.2) is 0 Å². The molecule has 0 atom stereocenters. The summed E-state index contributed by atoms with van der Waals surface area (Å²) < 4.78 is 0. The highest BCUT2D eigenvalue weighted by molar-refractivity contribution is 5.75. The Morgan fingerprint density at radius 1 is 1.10 bits per heavy atom. The normalized spacial score (nSPS) is 21.8. The van der Waals surface area contributed by atoms with Gasteiger partial charge in [0.25, 0.3) is 0 Å². The van der Waals surface area contributed by atoms with Gasteiger partial charge in [-0.05, 0) is 13.5 Å². The quantitative estimate of drug-likeness (QED) is 0.744. The zero-order chi connectivity index (χ0) is 14.4. The lowest BCUT2D eigenvalue weighted by Gasteiger charge is -2.47. The van der Waals surface area contributed by atoms with Crippen LogP contribution in [0, 0.1) is 0 Å². The van der Waals surface area contributed by atoms with Gasteiger partial charge in [0.1, 0.15) is 0 Å². The smallest absolute Gasteiger partial charge is 0.317 e. The highest BCUT2D eigenvalue weighted by Gasteiger charge is 2.35. The highest BCUT2D eigenvalue weighted by Crippen LogP contribution is 2.16. The molecule has 2 amide bonds. The molecular weight excluding hydrogens is 252 g/mol. The summed E-state index contributed by atoms with van der Waals surface area (Å²) in [7, 11) is 2.18. The van der Waals surface area contributed by atoms with E-state index in [0.29, 0.717) is 6.04 Å². The van der Waals surface area contributed by atoms with Gasteiger partial charge < -0.3 is 15.1 Å². The molecule has 0 saturated carbocycles. The third-order valence-electron chi connectivity index (χ3n) is 4.51. The second-order valence-corrected chi connectivity index (χ2v) is 6.19. The molecule has 2 saturated heterocycles. The number of likely N-dealkylation sites (N-methyl/N-ethyl adjacent to an activating group) is 1. The van der Waals surface area contributed by atoms with Crippen LogP contribution in [0.5, 0.6) is 0 Å². The van der Waals surface area contributed by atoms with E-state index < -0.39 is 0 Å². The van der Waals surface area contributed by atoms with Crippen LogP contribution < -0.4 is 5.32 Å². The van der Waals surface area contributed by atoms with E-state index in [-0.39, 0.29) is 6.03 Å². The average Bonchev–Trinajstić information content (AvgIpc) is 2.39. The molecule has 0 bridgehead atoms. The Kier molecular flexibility index (Phi) is 6.10. The van der Waals surface area contributed by atoms with Crippen LogP contribution in [0.2, 0.25) is 0 Å². The Labute approximate surface area is 123 Å². The largest absolute Gasteiger partial charge is 0.338 e. The predicted octanol–water partition coefficient (Wildman–Crippen LogP) is 1.21. The second-order valence-electron chi connectivity index (χ2n) is 6.19. The van der Waals surface area contributed by atoms with Crippen LogP contribution in [-0.2, 0) is 0 Å². The Morgan fingerprint density at radius 3 is 2.45 bits per heavy atom. The molecule has 0 spiro atoms. The summed E-state index contributed by atoms with van der Waals surface area (Å²) in [5.74, 6) is 0. The first-order valence-electron chi connectivity index (χ1n) is 8.16. The van der Waals surface area contributed by atoms with Crippen molar-refractivity contribution in [2.24, 2.45) is 0 Å². The fraction of sp³-hybridized carbons (Fsp3) is 0.933. The molecule has 0 aromatic heterocycles. The zero-order valence-corrected chi connectivity index (χ0v) is 13.1. The van der Waals surface area contributed by atoms with Crippen LogP contribution in [0.25, 0.3) is 0 Å². The predicted molar refractivity (Wildman–Crippen MR) is 82.0 cm³/mol. The molecule has 2 heterocycles. The molecule has 1 N–H and O–H groups in total. The van der Waals surface area contributed by atoms with Gasteiger partial charge >= 0.3 is 6.03 Å².